The molecule has 2 saturated heterocycles. The number of hydrazine groups is 1. The fraction of sp³-hybridized carbons (Fsp3) is 0.667. The molecule has 3 saturated carbocycles. The molecule has 5 fully saturated rings. The van der Waals surface area contributed by atoms with Crippen molar-refractivity contribution in [1.82, 2.24) is 8.12 Å². The topological polar surface area (TPSA) is 101 Å². The summed E-state index contributed by atoms with van der Waals surface area (Å²) in [5.74, 6) is 1.97. The first-order chi connectivity index (χ1) is 9.45. The summed E-state index contributed by atoms with van der Waals surface area (Å²) in [5, 5.41) is 0.693. The Balaban J connectivity index is 1.84. The van der Waals surface area contributed by atoms with E-state index in [1.807, 2.05) is 0 Å². The normalized spacial score (nSPS) is 46.3. The Morgan fingerprint density at radius 2 is 1.15 bits per heavy atom. The van der Waals surface area contributed by atoms with Crippen LogP contribution in [0.1, 0.15) is 12.8 Å². The Bertz CT molecular complexity index is 485. The largest absolute Gasteiger partial charge is 0.273 e. The summed E-state index contributed by atoms with van der Waals surface area (Å²) >= 11 is 1.72. The van der Waals surface area contributed by atoms with Gasteiger partial charge in [-0.2, -0.15) is 0 Å². The van der Waals surface area contributed by atoms with Crippen molar-refractivity contribution in [2.45, 2.75) is 12.8 Å². The van der Waals surface area contributed by atoms with Crippen LogP contribution in [0.3, 0.4) is 0 Å². The van der Waals surface area contributed by atoms with Crippen molar-refractivity contribution >= 4 is 46.5 Å². The molecule has 5 rings (SSSR count). The van der Waals surface area contributed by atoms with E-state index in [2.05, 4.69) is 0 Å². The molecule has 0 aromatic rings. The number of hydrogen-bond acceptors (Lipinski definition) is 5. The molecule has 106 valence electrons. The minimum absolute atomic E-state index is 0.218. The molecular weight excluding hydrogens is 377 g/mol. The summed E-state index contributed by atoms with van der Waals surface area (Å²) in [6, 6.07) is 0. The standard InChI is InChI=1S/C12H12IN3O4/c13-15-9(17)5-3-1-2-4(6(5)10(15)18)8-7(3)11(19)16(14)12(8)20/h3-8H,1-2,14H2. The Morgan fingerprint density at radius 3 is 1.55 bits per heavy atom. The molecule has 0 radical (unpaired) electrons. The van der Waals surface area contributed by atoms with Crippen LogP contribution in [-0.4, -0.2) is 31.8 Å². The zero-order valence-electron chi connectivity index (χ0n) is 10.4. The van der Waals surface area contributed by atoms with E-state index in [1.165, 1.54) is 0 Å². The number of rotatable bonds is 0. The second-order valence-corrected chi connectivity index (χ2v) is 6.98. The lowest BCUT2D eigenvalue weighted by molar-refractivity contribution is -0.148. The Labute approximate surface area is 128 Å². The van der Waals surface area contributed by atoms with Crippen LogP contribution in [0.2, 0.25) is 0 Å². The van der Waals surface area contributed by atoms with Gasteiger partial charge in [0.05, 0.1) is 46.5 Å². The third-order valence-electron chi connectivity index (χ3n) is 5.45. The zero-order chi connectivity index (χ0) is 14.3. The number of carbonyl (C=O) groups excluding carboxylic acids is 4. The highest BCUT2D eigenvalue weighted by Gasteiger charge is 2.69. The smallest absolute Gasteiger partial charge is 0.247 e. The lowest BCUT2D eigenvalue weighted by Gasteiger charge is -2.48. The predicted molar refractivity (Wildman–Crippen MR) is 72.1 cm³/mol. The predicted octanol–water partition coefficient (Wildman–Crippen LogP) is -0.548. The Kier molecular flexibility index (Phi) is 2.40. The monoisotopic (exact) mass is 389 g/mol. The third-order valence-corrected chi connectivity index (χ3v) is 6.41. The maximum atomic E-state index is 12.3. The van der Waals surface area contributed by atoms with Gasteiger partial charge in [-0.3, -0.25) is 19.2 Å². The first-order valence-corrected chi connectivity index (χ1v) is 7.57. The molecule has 0 aromatic heterocycles. The number of hydrogen-bond donors (Lipinski definition) is 1. The van der Waals surface area contributed by atoms with E-state index in [0.717, 1.165) is 3.11 Å². The SMILES string of the molecule is NN1C(=O)C2C3CCC(C2C1=O)C1C(=O)N(I)C(=O)C31. The van der Waals surface area contributed by atoms with Gasteiger partial charge in [-0.1, -0.05) is 0 Å². The van der Waals surface area contributed by atoms with Gasteiger partial charge in [0.15, 0.2) is 0 Å². The molecule has 0 aromatic carbocycles. The molecular formula is C12H12IN3O4. The molecule has 2 heterocycles. The summed E-state index contributed by atoms with van der Waals surface area (Å²) in [4.78, 5) is 48.8. The highest BCUT2D eigenvalue weighted by Crippen LogP contribution is 2.60. The number of imide groups is 2. The molecule has 3 aliphatic carbocycles. The van der Waals surface area contributed by atoms with Gasteiger partial charge in [0.2, 0.25) is 23.6 Å². The molecule has 7 nitrogen and oxygen atoms in total. The summed E-state index contributed by atoms with van der Waals surface area (Å²) < 4.78 is 1.13. The minimum atomic E-state index is -0.507. The quantitative estimate of drug-likeness (QED) is 0.197. The van der Waals surface area contributed by atoms with Crippen molar-refractivity contribution in [2.24, 2.45) is 41.4 Å². The molecule has 2 bridgehead atoms. The van der Waals surface area contributed by atoms with Crippen molar-refractivity contribution in [3.63, 3.8) is 0 Å². The van der Waals surface area contributed by atoms with Crippen LogP contribution in [0.25, 0.3) is 0 Å². The average Bonchev–Trinajstić information content (AvgIpc) is 2.83. The van der Waals surface area contributed by atoms with Crippen molar-refractivity contribution in [2.75, 3.05) is 0 Å². The Morgan fingerprint density at radius 1 is 0.800 bits per heavy atom. The molecule has 2 N–H and O–H groups in total. The van der Waals surface area contributed by atoms with Gasteiger partial charge in [-0.25, -0.2) is 14.0 Å². The van der Waals surface area contributed by atoms with Gasteiger partial charge in [0, 0.05) is 0 Å². The number of carbonyl (C=O) groups is 4. The van der Waals surface area contributed by atoms with Gasteiger partial charge in [-0.15, -0.1) is 0 Å². The summed E-state index contributed by atoms with van der Waals surface area (Å²) in [6.07, 6.45) is 1.42. The van der Waals surface area contributed by atoms with E-state index in [4.69, 9.17) is 5.84 Å². The van der Waals surface area contributed by atoms with Gasteiger partial charge in [-0.05, 0) is 24.7 Å². The first-order valence-electron chi connectivity index (χ1n) is 6.61. The fourth-order valence-electron chi connectivity index (χ4n) is 4.76. The maximum absolute atomic E-state index is 12.3. The maximum Gasteiger partial charge on any atom is 0.247 e. The number of nitrogens with zero attached hydrogens (tertiary/aromatic N) is 2. The molecule has 4 amide bonds. The molecule has 0 spiro atoms. The molecule has 5 aliphatic rings. The molecule has 20 heavy (non-hydrogen) atoms. The number of amides is 4. The Hall–Kier alpha value is -1.03. The molecule has 6 unspecified atom stereocenters. The van der Waals surface area contributed by atoms with E-state index < -0.39 is 23.7 Å². The van der Waals surface area contributed by atoms with Crippen LogP contribution in [0.15, 0.2) is 0 Å². The van der Waals surface area contributed by atoms with E-state index >= 15 is 0 Å². The van der Waals surface area contributed by atoms with Crippen molar-refractivity contribution < 1.29 is 19.2 Å². The van der Waals surface area contributed by atoms with E-state index in [1.54, 1.807) is 22.9 Å². The van der Waals surface area contributed by atoms with Gasteiger partial charge in [0.25, 0.3) is 0 Å². The van der Waals surface area contributed by atoms with Gasteiger partial charge >= 0.3 is 0 Å². The molecule has 8 heteroatoms. The van der Waals surface area contributed by atoms with Gasteiger partial charge < -0.3 is 0 Å². The second-order valence-electron chi connectivity index (χ2n) is 6.01. The van der Waals surface area contributed by atoms with Crippen molar-refractivity contribution in [1.29, 1.82) is 0 Å². The minimum Gasteiger partial charge on any atom is -0.273 e. The average molecular weight is 389 g/mol. The summed E-state index contributed by atoms with van der Waals surface area (Å²) in [5.41, 5.74) is 0. The van der Waals surface area contributed by atoms with Crippen LogP contribution < -0.4 is 5.84 Å². The number of fused-ring (bicyclic) bond motifs is 1. The number of halogens is 1. The van der Waals surface area contributed by atoms with Gasteiger partial charge in [0.1, 0.15) is 0 Å². The van der Waals surface area contributed by atoms with Crippen LogP contribution in [0, 0.1) is 35.5 Å². The van der Waals surface area contributed by atoms with Crippen LogP contribution in [0.5, 0.6) is 0 Å². The summed E-state index contributed by atoms with van der Waals surface area (Å²) in [7, 11) is 0. The van der Waals surface area contributed by atoms with E-state index in [9.17, 15) is 19.2 Å². The van der Waals surface area contributed by atoms with Crippen molar-refractivity contribution in [3.8, 4) is 0 Å². The van der Waals surface area contributed by atoms with Crippen LogP contribution >= 0.6 is 22.9 Å². The van der Waals surface area contributed by atoms with E-state index in [0.29, 0.717) is 17.9 Å². The second kappa shape index (κ2) is 3.79. The van der Waals surface area contributed by atoms with E-state index in [-0.39, 0.29) is 35.5 Å². The lowest BCUT2D eigenvalue weighted by Crippen LogP contribution is -2.53. The van der Waals surface area contributed by atoms with Crippen molar-refractivity contribution in [3.05, 3.63) is 0 Å². The molecule has 2 aliphatic heterocycles. The molecule has 6 atom stereocenters. The zero-order valence-corrected chi connectivity index (χ0v) is 12.5. The van der Waals surface area contributed by atoms with Crippen LogP contribution in [0.4, 0.5) is 0 Å². The summed E-state index contributed by atoms with van der Waals surface area (Å²) in [6.45, 7) is 0. The third kappa shape index (κ3) is 1.20. The first kappa shape index (κ1) is 12.7. The van der Waals surface area contributed by atoms with Crippen LogP contribution in [-0.2, 0) is 19.2 Å². The highest BCUT2D eigenvalue weighted by atomic mass is 127. The lowest BCUT2D eigenvalue weighted by atomic mass is 9.51. The highest BCUT2D eigenvalue weighted by molar-refractivity contribution is 14.1. The number of nitrogens with two attached hydrogens (primary N) is 1. The fourth-order valence-corrected chi connectivity index (χ4v) is 5.41.